The summed E-state index contributed by atoms with van der Waals surface area (Å²) in [5, 5.41) is 0. The van der Waals surface area contributed by atoms with Gasteiger partial charge in [0, 0.05) is 11.1 Å². The molecular formula is C40H31NO2S. The molecule has 4 heteroatoms. The fourth-order valence-electron chi connectivity index (χ4n) is 7.55. The number of fused-ring (bicyclic) bond motifs is 4. The predicted octanol–water partition coefficient (Wildman–Crippen LogP) is 9.32. The molecule has 0 spiro atoms. The fourth-order valence-corrected chi connectivity index (χ4v) is 9.33. The van der Waals surface area contributed by atoms with Gasteiger partial charge in [-0.2, -0.15) is 0 Å². The second-order valence-electron chi connectivity index (χ2n) is 12.2. The number of hydrogen-bond acceptors (Lipinski definition) is 3. The molecule has 0 aromatic heterocycles. The maximum absolute atomic E-state index is 14.1. The third-order valence-electron chi connectivity index (χ3n) is 9.54. The summed E-state index contributed by atoms with van der Waals surface area (Å²) in [7, 11) is -3.72. The summed E-state index contributed by atoms with van der Waals surface area (Å²) in [5.41, 5.74) is 8.29. The molecule has 0 atom stereocenters. The Hall–Kier alpha value is -4.93. The Morgan fingerprint density at radius 2 is 0.977 bits per heavy atom. The van der Waals surface area contributed by atoms with Gasteiger partial charge in [-0.15, -0.1) is 0 Å². The molecule has 0 aliphatic carbocycles. The summed E-state index contributed by atoms with van der Waals surface area (Å²) in [6, 6.07) is 51.3. The number of hydrogen-bond donors (Lipinski definition) is 0. The summed E-state index contributed by atoms with van der Waals surface area (Å²) in [5.74, 6) is 0. The van der Waals surface area contributed by atoms with Crippen LogP contribution in [0.1, 0.15) is 47.2 Å². The van der Waals surface area contributed by atoms with Crippen LogP contribution < -0.4 is 4.90 Å². The van der Waals surface area contributed by atoms with E-state index >= 15 is 0 Å². The minimum atomic E-state index is -3.72. The van der Waals surface area contributed by atoms with E-state index in [1.807, 2.05) is 60.7 Å². The zero-order valence-electron chi connectivity index (χ0n) is 24.6. The normalized spacial score (nSPS) is 16.6. The van der Waals surface area contributed by atoms with E-state index in [0.717, 1.165) is 33.6 Å². The molecule has 2 aliphatic heterocycles. The molecule has 0 saturated carbocycles. The van der Waals surface area contributed by atoms with E-state index < -0.39 is 15.3 Å². The molecule has 44 heavy (non-hydrogen) atoms. The van der Waals surface area contributed by atoms with E-state index in [1.54, 1.807) is 12.1 Å². The topological polar surface area (TPSA) is 37.4 Å². The van der Waals surface area contributed by atoms with Crippen LogP contribution in [0.5, 0.6) is 0 Å². The first-order valence-corrected chi connectivity index (χ1v) is 16.4. The molecule has 0 N–H and O–H groups in total. The van der Waals surface area contributed by atoms with Crippen molar-refractivity contribution in [3.05, 3.63) is 185 Å². The molecule has 0 unspecified atom stereocenters. The predicted molar refractivity (Wildman–Crippen MR) is 177 cm³/mol. The number of benzene rings is 6. The van der Waals surface area contributed by atoms with E-state index in [-0.39, 0.29) is 5.41 Å². The summed E-state index contributed by atoms with van der Waals surface area (Å²) < 4.78 is 28.2. The first-order chi connectivity index (χ1) is 21.4. The molecular weight excluding hydrogens is 559 g/mol. The monoisotopic (exact) mass is 589 g/mol. The van der Waals surface area contributed by atoms with Gasteiger partial charge in [-0.3, -0.25) is 0 Å². The zero-order chi connectivity index (χ0) is 30.1. The van der Waals surface area contributed by atoms with Gasteiger partial charge in [0.25, 0.3) is 0 Å². The van der Waals surface area contributed by atoms with E-state index in [0.29, 0.717) is 9.79 Å². The molecule has 0 amide bonds. The largest absolute Gasteiger partial charge is 0.310 e. The summed E-state index contributed by atoms with van der Waals surface area (Å²) in [6.45, 7) is 4.58. The Labute approximate surface area is 259 Å². The lowest BCUT2D eigenvalue weighted by atomic mass is 9.63. The van der Waals surface area contributed by atoms with Gasteiger partial charge in [0.1, 0.15) is 0 Å². The van der Waals surface area contributed by atoms with Crippen LogP contribution in [0, 0.1) is 0 Å². The van der Waals surface area contributed by atoms with Gasteiger partial charge >= 0.3 is 0 Å². The van der Waals surface area contributed by atoms with Gasteiger partial charge < -0.3 is 4.90 Å². The van der Waals surface area contributed by atoms with Crippen LogP contribution in [0.4, 0.5) is 17.1 Å². The first kappa shape index (κ1) is 26.7. The number of anilines is 3. The lowest BCUT2D eigenvalue weighted by molar-refractivity contribution is 0.577. The summed E-state index contributed by atoms with van der Waals surface area (Å²) in [6.07, 6.45) is 0. The van der Waals surface area contributed by atoms with E-state index in [4.69, 9.17) is 0 Å². The third kappa shape index (κ3) is 3.52. The van der Waals surface area contributed by atoms with Crippen molar-refractivity contribution in [3.8, 4) is 0 Å². The van der Waals surface area contributed by atoms with E-state index in [9.17, 15) is 8.42 Å². The van der Waals surface area contributed by atoms with Crippen molar-refractivity contribution in [1.82, 2.24) is 0 Å². The lowest BCUT2D eigenvalue weighted by Crippen LogP contribution is -2.38. The van der Waals surface area contributed by atoms with Gasteiger partial charge in [0.15, 0.2) is 0 Å². The molecule has 3 nitrogen and oxygen atoms in total. The van der Waals surface area contributed by atoms with Crippen molar-refractivity contribution in [2.24, 2.45) is 0 Å². The van der Waals surface area contributed by atoms with Crippen molar-refractivity contribution in [3.63, 3.8) is 0 Å². The Morgan fingerprint density at radius 1 is 0.477 bits per heavy atom. The average molecular weight is 590 g/mol. The van der Waals surface area contributed by atoms with Crippen LogP contribution in [0.3, 0.4) is 0 Å². The van der Waals surface area contributed by atoms with Crippen molar-refractivity contribution >= 4 is 26.9 Å². The smallest absolute Gasteiger partial charge is 0.207 e. The number of rotatable bonds is 3. The minimum Gasteiger partial charge on any atom is -0.310 e. The SMILES string of the molecule is CC1(C)c2ccccc2N(c2ccccc2)c2ccc(C3(c4ccccc4)c4ccccc4S(=O)(=O)c4ccccc43)cc21. The first-order valence-electron chi connectivity index (χ1n) is 15.0. The number of para-hydroxylation sites is 2. The van der Waals surface area contributed by atoms with Gasteiger partial charge in [-0.05, 0) is 69.8 Å². The molecule has 0 saturated heterocycles. The van der Waals surface area contributed by atoms with Crippen LogP contribution in [-0.4, -0.2) is 8.42 Å². The molecule has 0 fully saturated rings. The molecule has 0 bridgehead atoms. The van der Waals surface area contributed by atoms with Gasteiger partial charge in [0.2, 0.25) is 9.84 Å². The zero-order valence-corrected chi connectivity index (χ0v) is 25.4. The van der Waals surface area contributed by atoms with Crippen LogP contribution >= 0.6 is 0 Å². The van der Waals surface area contributed by atoms with Crippen molar-refractivity contribution < 1.29 is 8.42 Å². The number of nitrogens with zero attached hydrogens (tertiary/aromatic N) is 1. The highest BCUT2D eigenvalue weighted by Gasteiger charge is 2.49. The van der Waals surface area contributed by atoms with Crippen molar-refractivity contribution in [1.29, 1.82) is 0 Å². The minimum absolute atomic E-state index is 0.315. The van der Waals surface area contributed by atoms with Gasteiger partial charge in [0.05, 0.1) is 26.6 Å². The molecule has 0 radical (unpaired) electrons. The van der Waals surface area contributed by atoms with Crippen LogP contribution in [0.2, 0.25) is 0 Å². The molecule has 2 heterocycles. The van der Waals surface area contributed by atoms with E-state index in [2.05, 4.69) is 97.6 Å². The Morgan fingerprint density at radius 3 is 1.61 bits per heavy atom. The van der Waals surface area contributed by atoms with Gasteiger partial charge in [-0.1, -0.05) is 129 Å². The van der Waals surface area contributed by atoms with Crippen molar-refractivity contribution in [2.45, 2.75) is 34.5 Å². The average Bonchev–Trinajstić information content (AvgIpc) is 3.07. The fraction of sp³-hybridized carbons (Fsp3) is 0.100. The molecule has 6 aromatic carbocycles. The highest BCUT2D eigenvalue weighted by Crippen LogP contribution is 2.57. The summed E-state index contributed by atoms with van der Waals surface area (Å²) in [4.78, 5) is 3.06. The second-order valence-corrected chi connectivity index (χ2v) is 14.0. The number of sulfone groups is 1. The quantitative estimate of drug-likeness (QED) is 0.206. The Balaban J connectivity index is 1.50. The maximum Gasteiger partial charge on any atom is 0.207 e. The molecule has 8 rings (SSSR count). The van der Waals surface area contributed by atoms with Crippen LogP contribution in [0.15, 0.2) is 161 Å². The standard InChI is InChI=1S/C40H31NO2S/c1-39(2)31-19-9-12-22-35(31)41(30-17-7-4-8-18-30)36-26-25-29(27-34(36)39)40(28-15-5-3-6-16-28)32-20-10-13-23-37(32)44(42,43)38-24-14-11-21-33(38)40/h3-27H,1-2H3. The molecule has 2 aliphatic rings. The van der Waals surface area contributed by atoms with Gasteiger partial charge in [-0.25, -0.2) is 8.42 Å². The second kappa shape index (κ2) is 9.54. The Kier molecular flexibility index (Phi) is 5.78. The molecule has 214 valence electrons. The highest BCUT2D eigenvalue weighted by molar-refractivity contribution is 7.91. The summed E-state index contributed by atoms with van der Waals surface area (Å²) >= 11 is 0. The maximum atomic E-state index is 14.1. The molecule has 6 aromatic rings. The van der Waals surface area contributed by atoms with Crippen LogP contribution in [-0.2, 0) is 20.7 Å². The van der Waals surface area contributed by atoms with E-state index in [1.165, 1.54) is 16.8 Å². The van der Waals surface area contributed by atoms with Crippen molar-refractivity contribution in [2.75, 3.05) is 4.90 Å². The third-order valence-corrected chi connectivity index (χ3v) is 11.4. The van der Waals surface area contributed by atoms with Crippen LogP contribution in [0.25, 0.3) is 0 Å². The Bertz CT molecular complexity index is 2120. The highest BCUT2D eigenvalue weighted by atomic mass is 32.2. The lowest BCUT2D eigenvalue weighted by Gasteiger charge is -2.45.